The van der Waals surface area contributed by atoms with E-state index in [4.69, 9.17) is 4.42 Å². The standard InChI is InChI=1S/C18H15F3N2O3S/c19-18(20,21)26-13-7-5-12(6-8-13)9-10-22-16(24)11-27-17-23-14-3-1-2-4-15(14)25-17/h1-8H,9-11H2,(H,22,24). The van der Waals surface area contributed by atoms with E-state index < -0.39 is 6.36 Å². The first-order chi connectivity index (χ1) is 12.9. The van der Waals surface area contributed by atoms with Crippen LogP contribution in [0.1, 0.15) is 5.56 Å². The van der Waals surface area contributed by atoms with Gasteiger partial charge in [-0.05, 0) is 36.2 Å². The van der Waals surface area contributed by atoms with Crippen LogP contribution in [0.5, 0.6) is 5.75 Å². The number of rotatable bonds is 7. The number of hydrogen-bond donors (Lipinski definition) is 1. The molecule has 0 aliphatic heterocycles. The molecule has 1 heterocycles. The summed E-state index contributed by atoms with van der Waals surface area (Å²) in [5, 5.41) is 3.17. The van der Waals surface area contributed by atoms with Crippen LogP contribution in [-0.4, -0.2) is 29.6 Å². The Labute approximate surface area is 156 Å². The van der Waals surface area contributed by atoms with E-state index in [0.29, 0.717) is 23.8 Å². The van der Waals surface area contributed by atoms with Crippen molar-refractivity contribution in [1.82, 2.24) is 10.3 Å². The zero-order chi connectivity index (χ0) is 19.3. The molecule has 5 nitrogen and oxygen atoms in total. The number of aromatic nitrogens is 1. The number of hydrogen-bond acceptors (Lipinski definition) is 5. The minimum Gasteiger partial charge on any atom is -0.431 e. The van der Waals surface area contributed by atoms with Gasteiger partial charge in [0.1, 0.15) is 11.3 Å². The molecule has 0 aliphatic carbocycles. The van der Waals surface area contributed by atoms with Crippen LogP contribution in [-0.2, 0) is 11.2 Å². The van der Waals surface area contributed by atoms with Crippen LogP contribution < -0.4 is 10.1 Å². The highest BCUT2D eigenvalue weighted by Crippen LogP contribution is 2.23. The van der Waals surface area contributed by atoms with E-state index in [1.54, 1.807) is 6.07 Å². The van der Waals surface area contributed by atoms with Gasteiger partial charge in [0, 0.05) is 6.54 Å². The predicted octanol–water partition coefficient (Wildman–Crippen LogP) is 4.18. The van der Waals surface area contributed by atoms with Gasteiger partial charge >= 0.3 is 6.36 Å². The molecule has 3 rings (SSSR count). The number of amides is 1. The number of nitrogens with one attached hydrogen (secondary N) is 1. The summed E-state index contributed by atoms with van der Waals surface area (Å²) in [7, 11) is 0. The number of fused-ring (bicyclic) bond motifs is 1. The molecule has 0 saturated heterocycles. The summed E-state index contributed by atoms with van der Waals surface area (Å²) in [5.74, 6) is -0.296. The Kier molecular flexibility index (Phi) is 5.90. The van der Waals surface area contributed by atoms with Gasteiger partial charge in [-0.25, -0.2) is 4.98 Å². The second kappa shape index (κ2) is 8.34. The number of para-hydroxylation sites is 2. The summed E-state index contributed by atoms with van der Waals surface area (Å²) < 4.78 is 45.6. The highest BCUT2D eigenvalue weighted by Gasteiger charge is 2.30. The van der Waals surface area contributed by atoms with Crippen molar-refractivity contribution < 1.29 is 27.1 Å². The molecule has 0 fully saturated rings. The fraction of sp³-hybridized carbons (Fsp3) is 0.222. The van der Waals surface area contributed by atoms with E-state index in [0.717, 1.165) is 11.1 Å². The lowest BCUT2D eigenvalue weighted by Crippen LogP contribution is -2.27. The molecule has 0 bridgehead atoms. The Morgan fingerprint density at radius 1 is 1.15 bits per heavy atom. The average Bonchev–Trinajstić information content (AvgIpc) is 3.03. The van der Waals surface area contributed by atoms with Gasteiger partial charge in [-0.3, -0.25) is 4.79 Å². The molecule has 1 amide bonds. The van der Waals surface area contributed by atoms with Gasteiger partial charge in [-0.15, -0.1) is 13.2 Å². The first-order valence-electron chi connectivity index (χ1n) is 7.99. The van der Waals surface area contributed by atoms with E-state index in [1.807, 2.05) is 18.2 Å². The number of nitrogens with zero attached hydrogens (tertiary/aromatic N) is 1. The summed E-state index contributed by atoms with van der Waals surface area (Å²) in [6.45, 7) is 0.367. The van der Waals surface area contributed by atoms with Crippen molar-refractivity contribution in [3.05, 3.63) is 54.1 Å². The van der Waals surface area contributed by atoms with Crippen molar-refractivity contribution in [3.63, 3.8) is 0 Å². The Balaban J connectivity index is 1.40. The van der Waals surface area contributed by atoms with Crippen LogP contribution in [0.2, 0.25) is 0 Å². The van der Waals surface area contributed by atoms with Gasteiger partial charge in [0.25, 0.3) is 5.22 Å². The van der Waals surface area contributed by atoms with Crippen LogP contribution in [0, 0.1) is 0 Å². The number of halogens is 3. The molecular weight excluding hydrogens is 381 g/mol. The number of oxazole rings is 1. The summed E-state index contributed by atoms with van der Waals surface area (Å²) in [6, 6.07) is 12.9. The summed E-state index contributed by atoms with van der Waals surface area (Å²) >= 11 is 1.19. The number of ether oxygens (including phenoxy) is 1. The van der Waals surface area contributed by atoms with Crippen molar-refractivity contribution in [2.45, 2.75) is 18.0 Å². The van der Waals surface area contributed by atoms with Gasteiger partial charge in [-0.2, -0.15) is 0 Å². The average molecular weight is 396 g/mol. The summed E-state index contributed by atoms with van der Waals surface area (Å²) in [6.07, 6.45) is -4.21. The highest BCUT2D eigenvalue weighted by atomic mass is 32.2. The lowest BCUT2D eigenvalue weighted by atomic mass is 10.1. The van der Waals surface area contributed by atoms with Gasteiger partial charge in [0.05, 0.1) is 5.75 Å². The lowest BCUT2D eigenvalue weighted by Gasteiger charge is -2.09. The maximum absolute atomic E-state index is 12.1. The smallest absolute Gasteiger partial charge is 0.431 e. The fourth-order valence-corrected chi connectivity index (χ4v) is 2.96. The molecule has 27 heavy (non-hydrogen) atoms. The molecule has 0 aliphatic rings. The minimum atomic E-state index is -4.71. The third-order valence-electron chi connectivity index (χ3n) is 3.49. The first-order valence-corrected chi connectivity index (χ1v) is 8.97. The Morgan fingerprint density at radius 2 is 1.89 bits per heavy atom. The number of carbonyl (C=O) groups excluding carboxylic acids is 1. The molecular formula is C18H15F3N2O3S. The Hall–Kier alpha value is -2.68. The topological polar surface area (TPSA) is 64.4 Å². The third kappa shape index (κ3) is 5.92. The van der Waals surface area contributed by atoms with E-state index >= 15 is 0 Å². The molecule has 142 valence electrons. The van der Waals surface area contributed by atoms with Crippen LogP contribution >= 0.6 is 11.8 Å². The fourth-order valence-electron chi connectivity index (χ4n) is 2.30. The van der Waals surface area contributed by atoms with E-state index in [9.17, 15) is 18.0 Å². The largest absolute Gasteiger partial charge is 0.573 e. The highest BCUT2D eigenvalue weighted by molar-refractivity contribution is 7.99. The second-order valence-electron chi connectivity index (χ2n) is 5.53. The molecule has 9 heteroatoms. The lowest BCUT2D eigenvalue weighted by molar-refractivity contribution is -0.274. The number of carbonyl (C=O) groups is 1. The van der Waals surface area contributed by atoms with Crippen LogP contribution in [0.4, 0.5) is 13.2 Å². The molecule has 1 N–H and O–H groups in total. The Bertz CT molecular complexity index is 877. The molecule has 0 unspecified atom stereocenters. The quantitative estimate of drug-likeness (QED) is 0.607. The van der Waals surface area contributed by atoms with Crippen molar-refractivity contribution in [3.8, 4) is 5.75 Å². The minimum absolute atomic E-state index is 0.158. The maximum Gasteiger partial charge on any atom is 0.573 e. The van der Waals surface area contributed by atoms with E-state index in [-0.39, 0.29) is 17.4 Å². The SMILES string of the molecule is O=C(CSc1nc2ccccc2o1)NCCc1ccc(OC(F)(F)F)cc1. The van der Waals surface area contributed by atoms with E-state index in [1.165, 1.54) is 36.0 Å². The predicted molar refractivity (Wildman–Crippen MR) is 94.6 cm³/mol. The third-order valence-corrected chi connectivity index (χ3v) is 4.32. The van der Waals surface area contributed by atoms with Gasteiger partial charge in [0.2, 0.25) is 5.91 Å². The molecule has 0 spiro atoms. The second-order valence-corrected chi connectivity index (χ2v) is 6.45. The zero-order valence-corrected chi connectivity index (χ0v) is 14.8. The van der Waals surface area contributed by atoms with Gasteiger partial charge in [-0.1, -0.05) is 36.0 Å². The maximum atomic E-state index is 12.1. The zero-order valence-electron chi connectivity index (χ0n) is 14.0. The Morgan fingerprint density at radius 3 is 2.59 bits per heavy atom. The van der Waals surface area contributed by atoms with Crippen LogP contribution in [0.3, 0.4) is 0 Å². The molecule has 0 saturated carbocycles. The molecule has 0 radical (unpaired) electrons. The van der Waals surface area contributed by atoms with Crippen molar-refractivity contribution in [2.75, 3.05) is 12.3 Å². The molecule has 3 aromatic rings. The summed E-state index contributed by atoms with van der Waals surface area (Å²) in [4.78, 5) is 16.2. The molecule has 0 atom stereocenters. The van der Waals surface area contributed by atoms with Crippen molar-refractivity contribution in [2.24, 2.45) is 0 Å². The van der Waals surface area contributed by atoms with E-state index in [2.05, 4.69) is 15.0 Å². The molecule has 1 aromatic heterocycles. The molecule has 2 aromatic carbocycles. The normalized spacial score (nSPS) is 11.5. The first kappa shape index (κ1) is 19.1. The summed E-state index contributed by atoms with van der Waals surface area (Å²) in [5.41, 5.74) is 2.19. The monoisotopic (exact) mass is 396 g/mol. The van der Waals surface area contributed by atoms with Crippen molar-refractivity contribution in [1.29, 1.82) is 0 Å². The number of alkyl halides is 3. The number of benzene rings is 2. The van der Waals surface area contributed by atoms with Gasteiger partial charge in [0.15, 0.2) is 5.58 Å². The van der Waals surface area contributed by atoms with Crippen LogP contribution in [0.15, 0.2) is 58.2 Å². The van der Waals surface area contributed by atoms with Crippen molar-refractivity contribution >= 4 is 28.8 Å². The van der Waals surface area contributed by atoms with Gasteiger partial charge < -0.3 is 14.5 Å². The van der Waals surface area contributed by atoms with Crippen LogP contribution in [0.25, 0.3) is 11.1 Å². The number of thioether (sulfide) groups is 1.